The molecule has 0 spiro atoms. The Hall–Kier alpha value is -0.570. The van der Waals surface area contributed by atoms with E-state index in [-0.39, 0.29) is 5.91 Å². The first-order valence-corrected chi connectivity index (χ1v) is 3.68. The molecule has 1 saturated heterocycles. The molecular formula is C7H14N2O. The van der Waals surface area contributed by atoms with Gasteiger partial charge in [-0.25, -0.2) is 0 Å². The van der Waals surface area contributed by atoms with Crippen molar-refractivity contribution >= 4 is 5.91 Å². The van der Waals surface area contributed by atoms with E-state index in [0.29, 0.717) is 18.9 Å². The summed E-state index contributed by atoms with van der Waals surface area (Å²) in [7, 11) is 1.85. The smallest absolute Gasteiger partial charge is 0.222 e. The van der Waals surface area contributed by atoms with Crippen molar-refractivity contribution in [1.29, 1.82) is 0 Å². The normalized spacial score (nSPS) is 26.0. The minimum absolute atomic E-state index is 0.262. The van der Waals surface area contributed by atoms with Crippen LogP contribution in [0.2, 0.25) is 0 Å². The van der Waals surface area contributed by atoms with Crippen molar-refractivity contribution in [2.75, 3.05) is 20.1 Å². The van der Waals surface area contributed by atoms with E-state index in [0.717, 1.165) is 13.0 Å². The second-order valence-electron chi connectivity index (χ2n) is 2.92. The highest BCUT2D eigenvalue weighted by Crippen LogP contribution is 2.17. The predicted octanol–water partition coefficient (Wildman–Crippen LogP) is -0.187. The summed E-state index contributed by atoms with van der Waals surface area (Å²) >= 11 is 0. The topological polar surface area (TPSA) is 46.3 Å². The zero-order valence-electron chi connectivity index (χ0n) is 6.34. The number of carbonyl (C=O) groups is 1. The van der Waals surface area contributed by atoms with Crippen LogP contribution in [0.3, 0.4) is 0 Å². The van der Waals surface area contributed by atoms with Crippen molar-refractivity contribution in [3.05, 3.63) is 0 Å². The van der Waals surface area contributed by atoms with Gasteiger partial charge in [0, 0.05) is 20.0 Å². The van der Waals surface area contributed by atoms with E-state index < -0.39 is 0 Å². The number of hydrogen-bond donors (Lipinski definition) is 1. The first-order valence-electron chi connectivity index (χ1n) is 3.68. The summed E-state index contributed by atoms with van der Waals surface area (Å²) in [5.74, 6) is 0.779. The van der Waals surface area contributed by atoms with E-state index >= 15 is 0 Å². The van der Waals surface area contributed by atoms with Gasteiger partial charge in [-0.05, 0) is 18.9 Å². The predicted molar refractivity (Wildman–Crippen MR) is 39.4 cm³/mol. The summed E-state index contributed by atoms with van der Waals surface area (Å²) in [5, 5.41) is 0. The molecule has 2 N–H and O–H groups in total. The van der Waals surface area contributed by atoms with Crippen molar-refractivity contribution in [2.45, 2.75) is 12.8 Å². The molecule has 1 aliphatic heterocycles. The Labute approximate surface area is 61.2 Å². The van der Waals surface area contributed by atoms with Gasteiger partial charge in [0.2, 0.25) is 5.91 Å². The molecule has 10 heavy (non-hydrogen) atoms. The number of carbonyl (C=O) groups excluding carboxylic acids is 1. The number of hydrogen-bond acceptors (Lipinski definition) is 2. The monoisotopic (exact) mass is 142 g/mol. The Bertz CT molecular complexity index is 136. The second kappa shape index (κ2) is 3.01. The average molecular weight is 142 g/mol. The van der Waals surface area contributed by atoms with E-state index in [2.05, 4.69) is 0 Å². The van der Waals surface area contributed by atoms with Gasteiger partial charge < -0.3 is 10.6 Å². The first kappa shape index (κ1) is 7.54. The molecular weight excluding hydrogens is 128 g/mol. The average Bonchev–Trinajstić information content (AvgIpc) is 2.14. The molecule has 0 bridgehead atoms. The van der Waals surface area contributed by atoms with Crippen LogP contribution in [0.25, 0.3) is 0 Å². The summed E-state index contributed by atoms with van der Waals surface area (Å²) in [4.78, 5) is 12.7. The summed E-state index contributed by atoms with van der Waals surface area (Å²) in [6, 6.07) is 0. The first-order chi connectivity index (χ1) is 4.74. The Balaban J connectivity index is 2.34. The van der Waals surface area contributed by atoms with E-state index in [4.69, 9.17) is 5.73 Å². The zero-order chi connectivity index (χ0) is 7.56. The fraction of sp³-hybridized carbons (Fsp3) is 0.857. The second-order valence-corrected chi connectivity index (χ2v) is 2.92. The third-order valence-corrected chi connectivity index (χ3v) is 2.00. The number of rotatable bonds is 2. The lowest BCUT2D eigenvalue weighted by atomic mass is 10.1. The van der Waals surface area contributed by atoms with Gasteiger partial charge in [0.25, 0.3) is 0 Å². The zero-order valence-corrected chi connectivity index (χ0v) is 6.34. The van der Waals surface area contributed by atoms with Crippen molar-refractivity contribution in [2.24, 2.45) is 11.7 Å². The number of likely N-dealkylation sites (tertiary alicyclic amines) is 1. The Morgan fingerprint density at radius 3 is 2.90 bits per heavy atom. The molecule has 0 aromatic heterocycles. The van der Waals surface area contributed by atoms with Gasteiger partial charge >= 0.3 is 0 Å². The molecule has 0 aliphatic carbocycles. The lowest BCUT2D eigenvalue weighted by molar-refractivity contribution is -0.126. The number of amides is 1. The van der Waals surface area contributed by atoms with Crippen LogP contribution in [0.4, 0.5) is 0 Å². The molecule has 0 aromatic carbocycles. The maximum Gasteiger partial charge on any atom is 0.222 e. The number of nitrogens with zero attached hydrogens (tertiary/aromatic N) is 1. The molecule has 3 nitrogen and oxygen atoms in total. The van der Waals surface area contributed by atoms with Crippen LogP contribution in [0.1, 0.15) is 12.8 Å². The largest absolute Gasteiger partial charge is 0.345 e. The fourth-order valence-electron chi connectivity index (χ4n) is 1.39. The van der Waals surface area contributed by atoms with Gasteiger partial charge in [-0.2, -0.15) is 0 Å². The lowest BCUT2D eigenvalue weighted by Crippen LogP contribution is -2.19. The molecule has 58 valence electrons. The summed E-state index contributed by atoms with van der Waals surface area (Å²) in [6.45, 7) is 1.60. The molecule has 1 heterocycles. The minimum atomic E-state index is 0.262. The van der Waals surface area contributed by atoms with Gasteiger partial charge in [0.05, 0.1) is 0 Å². The highest BCUT2D eigenvalue weighted by atomic mass is 16.2. The van der Waals surface area contributed by atoms with Crippen LogP contribution in [-0.4, -0.2) is 30.9 Å². The lowest BCUT2D eigenvalue weighted by Gasteiger charge is -2.07. The van der Waals surface area contributed by atoms with Gasteiger partial charge in [0.15, 0.2) is 0 Å². The Morgan fingerprint density at radius 1 is 1.80 bits per heavy atom. The van der Waals surface area contributed by atoms with Crippen LogP contribution in [-0.2, 0) is 4.79 Å². The SMILES string of the molecule is CN1C[C@@H](CCN)CC1=O. The quantitative estimate of drug-likeness (QED) is 0.581. The molecule has 1 aliphatic rings. The summed E-state index contributed by atoms with van der Waals surface area (Å²) in [6.07, 6.45) is 1.68. The van der Waals surface area contributed by atoms with E-state index in [1.807, 2.05) is 7.05 Å². The fourth-order valence-corrected chi connectivity index (χ4v) is 1.39. The van der Waals surface area contributed by atoms with Gasteiger partial charge in [-0.3, -0.25) is 4.79 Å². The van der Waals surface area contributed by atoms with Crippen LogP contribution in [0, 0.1) is 5.92 Å². The van der Waals surface area contributed by atoms with Crippen LogP contribution in [0.15, 0.2) is 0 Å². The Kier molecular flexibility index (Phi) is 2.27. The van der Waals surface area contributed by atoms with Gasteiger partial charge in [-0.15, -0.1) is 0 Å². The molecule has 0 aromatic rings. The highest BCUT2D eigenvalue weighted by molar-refractivity contribution is 5.78. The van der Waals surface area contributed by atoms with E-state index in [1.54, 1.807) is 4.90 Å². The molecule has 0 saturated carbocycles. The standard InChI is InChI=1S/C7H14N2O/c1-9-5-6(2-3-8)4-7(9)10/h6H,2-5,8H2,1H3/t6-/m0/s1. The van der Waals surface area contributed by atoms with Crippen molar-refractivity contribution in [3.8, 4) is 0 Å². The van der Waals surface area contributed by atoms with Crippen LogP contribution in [0.5, 0.6) is 0 Å². The summed E-state index contributed by atoms with van der Waals surface area (Å²) in [5.41, 5.74) is 5.37. The van der Waals surface area contributed by atoms with Crippen LogP contribution >= 0.6 is 0 Å². The van der Waals surface area contributed by atoms with Crippen molar-refractivity contribution in [3.63, 3.8) is 0 Å². The van der Waals surface area contributed by atoms with Crippen LogP contribution < -0.4 is 5.73 Å². The molecule has 1 atom stereocenters. The summed E-state index contributed by atoms with van der Waals surface area (Å²) < 4.78 is 0. The third kappa shape index (κ3) is 1.48. The molecule has 3 heteroatoms. The van der Waals surface area contributed by atoms with Gasteiger partial charge in [-0.1, -0.05) is 0 Å². The molecule has 0 unspecified atom stereocenters. The Morgan fingerprint density at radius 2 is 2.50 bits per heavy atom. The molecule has 0 radical (unpaired) electrons. The van der Waals surface area contributed by atoms with Crippen molar-refractivity contribution < 1.29 is 4.79 Å². The van der Waals surface area contributed by atoms with Gasteiger partial charge in [0.1, 0.15) is 0 Å². The highest BCUT2D eigenvalue weighted by Gasteiger charge is 2.25. The molecule has 1 amide bonds. The number of nitrogens with two attached hydrogens (primary N) is 1. The van der Waals surface area contributed by atoms with E-state index in [9.17, 15) is 4.79 Å². The maximum atomic E-state index is 10.9. The van der Waals surface area contributed by atoms with Crippen molar-refractivity contribution in [1.82, 2.24) is 4.90 Å². The minimum Gasteiger partial charge on any atom is -0.345 e. The van der Waals surface area contributed by atoms with E-state index in [1.165, 1.54) is 0 Å². The third-order valence-electron chi connectivity index (χ3n) is 2.00. The maximum absolute atomic E-state index is 10.9. The molecule has 1 fully saturated rings. The molecule has 1 rings (SSSR count).